The van der Waals surface area contributed by atoms with Gasteiger partial charge in [0.1, 0.15) is 17.0 Å². The van der Waals surface area contributed by atoms with E-state index in [4.69, 9.17) is 4.42 Å². The first-order valence-corrected chi connectivity index (χ1v) is 8.42. The van der Waals surface area contributed by atoms with Crippen LogP contribution in [-0.4, -0.2) is 11.3 Å². The molecule has 4 aromatic rings. The van der Waals surface area contributed by atoms with Gasteiger partial charge < -0.3 is 14.8 Å². The first-order valence-electron chi connectivity index (χ1n) is 8.42. The smallest absolute Gasteiger partial charge is 0.220 e. The number of aliphatic imine (C=N–C) groups is 1. The van der Waals surface area contributed by atoms with Gasteiger partial charge in [-0.05, 0) is 29.8 Å². The second-order valence-corrected chi connectivity index (χ2v) is 5.93. The molecule has 4 nitrogen and oxygen atoms in total. The van der Waals surface area contributed by atoms with E-state index in [1.807, 2.05) is 54.6 Å². The maximum atomic E-state index is 9.94. The fraction of sp³-hybridized carbons (Fsp3) is 0.0455. The van der Waals surface area contributed by atoms with Crippen molar-refractivity contribution in [3.05, 3.63) is 90.0 Å². The number of nitrogens with one attached hydrogen (secondary N) is 1. The number of benzene rings is 3. The van der Waals surface area contributed by atoms with E-state index in [-0.39, 0.29) is 5.75 Å². The molecule has 1 aromatic heterocycles. The van der Waals surface area contributed by atoms with Gasteiger partial charge in [-0.25, -0.2) is 4.99 Å². The normalized spacial score (nSPS) is 11.2. The summed E-state index contributed by atoms with van der Waals surface area (Å²) >= 11 is 0. The van der Waals surface area contributed by atoms with Gasteiger partial charge in [0.15, 0.2) is 0 Å². The molecule has 0 aliphatic rings. The molecule has 0 saturated heterocycles. The van der Waals surface area contributed by atoms with Gasteiger partial charge in [0.2, 0.25) is 5.88 Å². The summed E-state index contributed by atoms with van der Waals surface area (Å²) < 4.78 is 5.95. The standard InChI is InChI=1S/C22H18N2O2/c25-19-12-6-4-10-17(19)15-23-21-18-11-5-7-13-20(18)26-22(21)24-14-16-8-2-1-3-9-16/h1-13,15,24-25H,14H2. The number of rotatable bonds is 5. The molecule has 0 radical (unpaired) electrons. The number of phenols is 1. The highest BCUT2D eigenvalue weighted by Crippen LogP contribution is 2.37. The largest absolute Gasteiger partial charge is 0.507 e. The molecule has 0 saturated carbocycles. The Morgan fingerprint density at radius 2 is 1.62 bits per heavy atom. The Bertz CT molecular complexity index is 1050. The molecular weight excluding hydrogens is 324 g/mol. The average Bonchev–Trinajstić information content (AvgIpc) is 3.04. The lowest BCUT2D eigenvalue weighted by Gasteiger charge is -2.04. The molecule has 0 atom stereocenters. The Labute approximate surface area is 151 Å². The van der Waals surface area contributed by atoms with E-state index in [0.29, 0.717) is 18.0 Å². The topological polar surface area (TPSA) is 57.8 Å². The molecular formula is C22H18N2O2. The number of fused-ring (bicyclic) bond motifs is 1. The Hall–Kier alpha value is -3.53. The van der Waals surface area contributed by atoms with E-state index in [1.54, 1.807) is 18.3 Å². The molecule has 4 heteroatoms. The van der Waals surface area contributed by atoms with Crippen molar-refractivity contribution in [1.29, 1.82) is 0 Å². The lowest BCUT2D eigenvalue weighted by Crippen LogP contribution is -1.98. The summed E-state index contributed by atoms with van der Waals surface area (Å²) in [6, 6.07) is 25.0. The summed E-state index contributed by atoms with van der Waals surface area (Å²) in [5, 5.41) is 14.2. The monoisotopic (exact) mass is 342 g/mol. The summed E-state index contributed by atoms with van der Waals surface area (Å²) in [6.07, 6.45) is 1.65. The Kier molecular flexibility index (Phi) is 4.39. The molecule has 26 heavy (non-hydrogen) atoms. The Balaban J connectivity index is 1.69. The van der Waals surface area contributed by atoms with Crippen molar-refractivity contribution in [3.63, 3.8) is 0 Å². The van der Waals surface area contributed by atoms with Gasteiger partial charge in [-0.1, -0.05) is 54.6 Å². The lowest BCUT2D eigenvalue weighted by molar-refractivity contribution is 0.474. The number of hydrogen-bond acceptors (Lipinski definition) is 4. The molecule has 2 N–H and O–H groups in total. The van der Waals surface area contributed by atoms with Crippen LogP contribution in [0.25, 0.3) is 11.0 Å². The number of anilines is 1. The second kappa shape index (κ2) is 7.15. The van der Waals surface area contributed by atoms with E-state index >= 15 is 0 Å². The molecule has 0 aliphatic heterocycles. The van der Waals surface area contributed by atoms with Crippen molar-refractivity contribution >= 4 is 28.8 Å². The van der Waals surface area contributed by atoms with Crippen molar-refractivity contribution in [2.75, 3.05) is 5.32 Å². The van der Waals surface area contributed by atoms with Crippen LogP contribution in [0, 0.1) is 0 Å². The molecule has 0 fully saturated rings. The van der Waals surface area contributed by atoms with Crippen LogP contribution in [0.1, 0.15) is 11.1 Å². The van der Waals surface area contributed by atoms with Crippen molar-refractivity contribution in [2.45, 2.75) is 6.54 Å². The molecule has 128 valence electrons. The number of nitrogens with zero attached hydrogens (tertiary/aromatic N) is 1. The van der Waals surface area contributed by atoms with Crippen molar-refractivity contribution < 1.29 is 9.52 Å². The van der Waals surface area contributed by atoms with Gasteiger partial charge >= 0.3 is 0 Å². The van der Waals surface area contributed by atoms with E-state index in [0.717, 1.165) is 22.2 Å². The minimum Gasteiger partial charge on any atom is -0.507 e. The van der Waals surface area contributed by atoms with Crippen LogP contribution in [0.5, 0.6) is 5.75 Å². The first kappa shape index (κ1) is 16.0. The zero-order valence-corrected chi connectivity index (χ0v) is 14.1. The van der Waals surface area contributed by atoms with Gasteiger partial charge in [-0.15, -0.1) is 0 Å². The maximum Gasteiger partial charge on any atom is 0.220 e. The summed E-state index contributed by atoms with van der Waals surface area (Å²) in [6.45, 7) is 0.639. The van der Waals surface area contributed by atoms with Crippen molar-refractivity contribution in [3.8, 4) is 5.75 Å². The third-order valence-electron chi connectivity index (χ3n) is 4.13. The second-order valence-electron chi connectivity index (χ2n) is 5.93. The van der Waals surface area contributed by atoms with Gasteiger partial charge in [0.25, 0.3) is 0 Å². The van der Waals surface area contributed by atoms with E-state index in [9.17, 15) is 5.11 Å². The first-order chi connectivity index (χ1) is 12.8. The van der Waals surface area contributed by atoms with Crippen LogP contribution in [0.3, 0.4) is 0 Å². The van der Waals surface area contributed by atoms with Crippen LogP contribution in [0.4, 0.5) is 11.6 Å². The van der Waals surface area contributed by atoms with Crippen molar-refractivity contribution in [2.24, 2.45) is 4.99 Å². The number of para-hydroxylation sites is 2. The summed E-state index contributed by atoms with van der Waals surface area (Å²) in [5.74, 6) is 0.810. The summed E-state index contributed by atoms with van der Waals surface area (Å²) in [4.78, 5) is 4.60. The third kappa shape index (κ3) is 3.30. The average molecular weight is 342 g/mol. The molecule has 0 spiro atoms. The molecule has 3 aromatic carbocycles. The van der Waals surface area contributed by atoms with Crippen LogP contribution >= 0.6 is 0 Å². The molecule has 1 heterocycles. The fourth-order valence-corrected chi connectivity index (χ4v) is 2.79. The lowest BCUT2D eigenvalue weighted by atomic mass is 10.2. The molecule has 0 bridgehead atoms. The molecule has 4 rings (SSSR count). The van der Waals surface area contributed by atoms with Crippen LogP contribution in [-0.2, 0) is 6.54 Å². The van der Waals surface area contributed by atoms with Crippen LogP contribution in [0.2, 0.25) is 0 Å². The zero-order chi connectivity index (χ0) is 17.8. The maximum absolute atomic E-state index is 9.94. The molecule has 0 aliphatic carbocycles. The number of aromatic hydroxyl groups is 1. The molecule has 0 unspecified atom stereocenters. The van der Waals surface area contributed by atoms with Crippen LogP contribution < -0.4 is 5.32 Å². The summed E-state index contributed by atoms with van der Waals surface area (Å²) in [7, 11) is 0. The van der Waals surface area contributed by atoms with Crippen molar-refractivity contribution in [1.82, 2.24) is 0 Å². The van der Waals surface area contributed by atoms with E-state index in [1.165, 1.54) is 0 Å². The predicted molar refractivity (Wildman–Crippen MR) is 105 cm³/mol. The van der Waals surface area contributed by atoms with Crippen LogP contribution in [0.15, 0.2) is 88.3 Å². The fourth-order valence-electron chi connectivity index (χ4n) is 2.79. The number of phenolic OH excluding ortho intramolecular Hbond substituents is 1. The highest BCUT2D eigenvalue weighted by Gasteiger charge is 2.13. The number of furan rings is 1. The quantitative estimate of drug-likeness (QED) is 0.471. The Morgan fingerprint density at radius 1 is 0.885 bits per heavy atom. The van der Waals surface area contributed by atoms with Gasteiger partial charge in [0.05, 0.1) is 0 Å². The zero-order valence-electron chi connectivity index (χ0n) is 14.1. The van der Waals surface area contributed by atoms with Gasteiger partial charge in [-0.3, -0.25) is 0 Å². The highest BCUT2D eigenvalue weighted by molar-refractivity contribution is 5.98. The third-order valence-corrected chi connectivity index (χ3v) is 4.13. The van der Waals surface area contributed by atoms with E-state index < -0.39 is 0 Å². The van der Waals surface area contributed by atoms with E-state index in [2.05, 4.69) is 22.4 Å². The Morgan fingerprint density at radius 3 is 2.46 bits per heavy atom. The number of hydrogen-bond donors (Lipinski definition) is 2. The highest BCUT2D eigenvalue weighted by atomic mass is 16.4. The molecule has 0 amide bonds. The minimum atomic E-state index is 0.197. The SMILES string of the molecule is Oc1ccccc1C=Nc1c(NCc2ccccc2)oc2ccccc12. The minimum absolute atomic E-state index is 0.197. The summed E-state index contributed by atoms with van der Waals surface area (Å²) in [5.41, 5.74) is 3.31. The van der Waals surface area contributed by atoms with Gasteiger partial charge in [0, 0.05) is 23.7 Å². The van der Waals surface area contributed by atoms with Gasteiger partial charge in [-0.2, -0.15) is 0 Å². The predicted octanol–water partition coefficient (Wildman–Crippen LogP) is 5.50.